The van der Waals surface area contributed by atoms with Gasteiger partial charge in [-0.05, 0) is 55.0 Å². The summed E-state index contributed by atoms with van der Waals surface area (Å²) >= 11 is 0. The number of pyridine rings is 2. The van der Waals surface area contributed by atoms with Crippen LogP contribution >= 0.6 is 0 Å². The molecule has 2 aromatic heterocycles. The summed E-state index contributed by atoms with van der Waals surface area (Å²) in [4.78, 5) is 8.54. The van der Waals surface area contributed by atoms with Crippen LogP contribution in [0.4, 0.5) is 11.5 Å². The molecule has 0 aliphatic heterocycles. The van der Waals surface area contributed by atoms with Crippen LogP contribution < -0.4 is 15.8 Å². The van der Waals surface area contributed by atoms with Crippen LogP contribution in [0, 0.1) is 12.8 Å². The topological polar surface area (TPSA) is 73.1 Å². The van der Waals surface area contributed by atoms with E-state index in [1.807, 2.05) is 31.3 Å². The summed E-state index contributed by atoms with van der Waals surface area (Å²) in [6.45, 7) is 3.46. The van der Waals surface area contributed by atoms with Gasteiger partial charge in [-0.2, -0.15) is 4.98 Å². The van der Waals surface area contributed by atoms with Gasteiger partial charge in [0.05, 0.1) is 12.3 Å². The van der Waals surface area contributed by atoms with Crippen molar-refractivity contribution in [3.8, 4) is 5.88 Å². The zero-order valence-electron chi connectivity index (χ0n) is 12.2. The quantitative estimate of drug-likeness (QED) is 0.853. The van der Waals surface area contributed by atoms with Gasteiger partial charge in [0, 0.05) is 18.9 Å². The standard InChI is InChI=1S/C16H20N4O/c1-11-8-18-7-6-13(11)9-19-15-5-4-14(17)16(20-15)21-10-12-2-3-12/h4-8,12H,2-3,9-10,17H2,1H3,(H,19,20). The van der Waals surface area contributed by atoms with E-state index in [1.165, 1.54) is 18.4 Å². The molecule has 1 fully saturated rings. The molecule has 3 rings (SSSR count). The SMILES string of the molecule is Cc1cnccc1CNc1ccc(N)c(OCC2CC2)n1. The first-order chi connectivity index (χ1) is 10.2. The Morgan fingerprint density at radius 1 is 1.33 bits per heavy atom. The number of rotatable bonds is 6. The average molecular weight is 284 g/mol. The third-order valence-electron chi connectivity index (χ3n) is 3.64. The van der Waals surface area contributed by atoms with Crippen molar-refractivity contribution < 1.29 is 4.74 Å². The molecule has 1 saturated carbocycles. The first-order valence-corrected chi connectivity index (χ1v) is 7.25. The lowest BCUT2D eigenvalue weighted by Crippen LogP contribution is -2.07. The number of aryl methyl sites for hydroxylation is 1. The smallest absolute Gasteiger partial charge is 0.239 e. The van der Waals surface area contributed by atoms with E-state index >= 15 is 0 Å². The molecule has 0 unspecified atom stereocenters. The lowest BCUT2D eigenvalue weighted by Gasteiger charge is -2.11. The maximum Gasteiger partial charge on any atom is 0.239 e. The first kappa shape index (κ1) is 13.7. The fraction of sp³-hybridized carbons (Fsp3) is 0.375. The van der Waals surface area contributed by atoms with Crippen molar-refractivity contribution in [3.63, 3.8) is 0 Å². The van der Waals surface area contributed by atoms with E-state index in [2.05, 4.69) is 15.3 Å². The van der Waals surface area contributed by atoms with Crippen molar-refractivity contribution in [1.29, 1.82) is 0 Å². The predicted molar refractivity (Wildman–Crippen MR) is 83.2 cm³/mol. The normalized spacial score (nSPS) is 14.0. The predicted octanol–water partition coefficient (Wildman–Crippen LogP) is 2.77. The molecule has 0 radical (unpaired) electrons. The number of aromatic nitrogens is 2. The van der Waals surface area contributed by atoms with Crippen LogP contribution in [0.1, 0.15) is 24.0 Å². The number of ether oxygens (including phenoxy) is 1. The molecular formula is C16H20N4O. The minimum Gasteiger partial charge on any atom is -0.476 e. The second-order valence-electron chi connectivity index (χ2n) is 5.50. The van der Waals surface area contributed by atoms with Crippen LogP contribution in [0.15, 0.2) is 30.6 Å². The maximum absolute atomic E-state index is 5.90. The molecule has 0 bridgehead atoms. The Labute approximate surface area is 124 Å². The number of nitrogens with one attached hydrogen (secondary N) is 1. The zero-order valence-corrected chi connectivity index (χ0v) is 12.2. The number of hydrogen-bond donors (Lipinski definition) is 2. The molecule has 110 valence electrons. The molecule has 0 amide bonds. The highest BCUT2D eigenvalue weighted by atomic mass is 16.5. The number of nitrogens with zero attached hydrogens (tertiary/aromatic N) is 2. The van der Waals surface area contributed by atoms with E-state index in [-0.39, 0.29) is 0 Å². The monoisotopic (exact) mass is 284 g/mol. The maximum atomic E-state index is 5.90. The Hall–Kier alpha value is -2.30. The number of hydrogen-bond acceptors (Lipinski definition) is 5. The molecule has 0 atom stereocenters. The molecule has 3 N–H and O–H groups in total. The van der Waals surface area contributed by atoms with E-state index in [1.54, 1.807) is 6.20 Å². The second-order valence-corrected chi connectivity index (χ2v) is 5.50. The van der Waals surface area contributed by atoms with Crippen molar-refractivity contribution in [3.05, 3.63) is 41.7 Å². The van der Waals surface area contributed by atoms with Gasteiger partial charge in [-0.1, -0.05) is 0 Å². The van der Waals surface area contributed by atoms with E-state index in [0.29, 0.717) is 30.6 Å². The molecule has 1 aliphatic carbocycles. The minimum absolute atomic E-state index is 0.526. The van der Waals surface area contributed by atoms with Crippen LogP contribution in [0.25, 0.3) is 0 Å². The van der Waals surface area contributed by atoms with E-state index in [4.69, 9.17) is 10.5 Å². The highest BCUT2D eigenvalue weighted by Gasteiger charge is 2.22. The van der Waals surface area contributed by atoms with Crippen molar-refractivity contribution in [1.82, 2.24) is 9.97 Å². The van der Waals surface area contributed by atoms with Crippen LogP contribution in [0.3, 0.4) is 0 Å². The van der Waals surface area contributed by atoms with Crippen molar-refractivity contribution in [2.24, 2.45) is 5.92 Å². The number of nitrogens with two attached hydrogens (primary N) is 1. The average Bonchev–Trinajstić information content (AvgIpc) is 3.31. The minimum atomic E-state index is 0.526. The Morgan fingerprint density at radius 3 is 2.95 bits per heavy atom. The molecule has 1 aliphatic rings. The third-order valence-corrected chi connectivity index (χ3v) is 3.64. The summed E-state index contributed by atoms with van der Waals surface area (Å²) in [5, 5.41) is 3.30. The Kier molecular flexibility index (Phi) is 3.90. The molecule has 0 spiro atoms. The van der Waals surface area contributed by atoms with Crippen molar-refractivity contribution >= 4 is 11.5 Å². The highest BCUT2D eigenvalue weighted by Crippen LogP contribution is 2.30. The Balaban J connectivity index is 1.64. The highest BCUT2D eigenvalue weighted by molar-refractivity contribution is 5.53. The molecular weight excluding hydrogens is 264 g/mol. The van der Waals surface area contributed by atoms with Gasteiger partial charge in [0.15, 0.2) is 0 Å². The Bertz CT molecular complexity index is 625. The first-order valence-electron chi connectivity index (χ1n) is 7.25. The molecule has 2 aromatic rings. The lowest BCUT2D eigenvalue weighted by atomic mass is 10.1. The Morgan fingerprint density at radius 2 is 2.19 bits per heavy atom. The molecule has 5 nitrogen and oxygen atoms in total. The van der Waals surface area contributed by atoms with Crippen molar-refractivity contribution in [2.45, 2.75) is 26.3 Å². The second kappa shape index (κ2) is 5.99. The van der Waals surface area contributed by atoms with E-state index in [0.717, 1.165) is 11.4 Å². The number of nitrogen functional groups attached to an aromatic ring is 1. The fourth-order valence-corrected chi connectivity index (χ4v) is 2.03. The number of anilines is 2. The third kappa shape index (κ3) is 3.62. The van der Waals surface area contributed by atoms with Gasteiger partial charge in [0.2, 0.25) is 5.88 Å². The molecule has 21 heavy (non-hydrogen) atoms. The van der Waals surface area contributed by atoms with Crippen molar-refractivity contribution in [2.75, 3.05) is 17.7 Å². The summed E-state index contributed by atoms with van der Waals surface area (Å²) in [6.07, 6.45) is 6.15. The summed E-state index contributed by atoms with van der Waals surface area (Å²) in [6, 6.07) is 5.71. The van der Waals surface area contributed by atoms with E-state index < -0.39 is 0 Å². The van der Waals surface area contributed by atoms with Crippen LogP contribution in [0.2, 0.25) is 0 Å². The summed E-state index contributed by atoms with van der Waals surface area (Å²) < 4.78 is 5.69. The van der Waals surface area contributed by atoms with Gasteiger partial charge in [-0.3, -0.25) is 4.98 Å². The van der Waals surface area contributed by atoms with Crippen LogP contribution in [-0.4, -0.2) is 16.6 Å². The van der Waals surface area contributed by atoms with Gasteiger partial charge < -0.3 is 15.8 Å². The fourth-order valence-electron chi connectivity index (χ4n) is 2.03. The van der Waals surface area contributed by atoms with Gasteiger partial charge in [0.25, 0.3) is 0 Å². The van der Waals surface area contributed by atoms with Gasteiger partial charge in [-0.25, -0.2) is 0 Å². The largest absolute Gasteiger partial charge is 0.476 e. The molecule has 5 heteroatoms. The molecule has 0 aromatic carbocycles. The van der Waals surface area contributed by atoms with Crippen LogP contribution in [0.5, 0.6) is 5.88 Å². The summed E-state index contributed by atoms with van der Waals surface area (Å²) in [7, 11) is 0. The summed E-state index contributed by atoms with van der Waals surface area (Å²) in [5.74, 6) is 1.98. The van der Waals surface area contributed by atoms with Crippen LogP contribution in [-0.2, 0) is 6.54 Å². The molecule has 0 saturated heterocycles. The van der Waals surface area contributed by atoms with E-state index in [9.17, 15) is 0 Å². The van der Waals surface area contributed by atoms with Gasteiger partial charge in [-0.15, -0.1) is 0 Å². The zero-order chi connectivity index (χ0) is 14.7. The van der Waals surface area contributed by atoms with Gasteiger partial charge >= 0.3 is 0 Å². The molecule has 2 heterocycles. The lowest BCUT2D eigenvalue weighted by molar-refractivity contribution is 0.290. The van der Waals surface area contributed by atoms with Gasteiger partial charge in [0.1, 0.15) is 5.82 Å². The summed E-state index contributed by atoms with van der Waals surface area (Å²) in [5.41, 5.74) is 8.84.